The lowest BCUT2D eigenvalue weighted by Gasteiger charge is -2.13. The third kappa shape index (κ3) is 2.67. The van der Waals surface area contributed by atoms with Crippen molar-refractivity contribution < 1.29 is 4.92 Å². The maximum atomic E-state index is 10.8. The molecule has 2 N–H and O–H groups in total. The van der Waals surface area contributed by atoms with Gasteiger partial charge in [0.05, 0.1) is 21.1 Å². The van der Waals surface area contributed by atoms with Crippen LogP contribution in [0.25, 0.3) is 0 Å². The van der Waals surface area contributed by atoms with Gasteiger partial charge in [0.25, 0.3) is 5.69 Å². The van der Waals surface area contributed by atoms with Gasteiger partial charge in [0.2, 0.25) is 0 Å². The summed E-state index contributed by atoms with van der Waals surface area (Å²) >= 11 is 3.15. The van der Waals surface area contributed by atoms with E-state index in [1.54, 1.807) is 18.3 Å². The van der Waals surface area contributed by atoms with Crippen LogP contribution < -0.4 is 5.32 Å². The van der Waals surface area contributed by atoms with Crippen LogP contribution in [0, 0.1) is 10.1 Å². The Morgan fingerprint density at radius 1 is 1.50 bits per heavy atom. The molecule has 0 aliphatic rings. The SMILES string of the molecule is CC(Nc1ccc(Br)c([N+](=O)[O-])c1)c1ccn[nH]1. The van der Waals surface area contributed by atoms with Crippen LogP contribution in [0.3, 0.4) is 0 Å². The molecule has 0 radical (unpaired) electrons. The van der Waals surface area contributed by atoms with Gasteiger partial charge in [-0.15, -0.1) is 0 Å². The Bertz CT molecular complexity index is 556. The maximum Gasteiger partial charge on any atom is 0.285 e. The average molecular weight is 311 g/mol. The number of benzene rings is 1. The number of aromatic nitrogens is 2. The van der Waals surface area contributed by atoms with Gasteiger partial charge in [-0.3, -0.25) is 15.2 Å². The van der Waals surface area contributed by atoms with Crippen molar-refractivity contribution in [3.8, 4) is 0 Å². The molecule has 0 amide bonds. The fraction of sp³-hybridized carbons (Fsp3) is 0.182. The number of nitro groups is 1. The van der Waals surface area contributed by atoms with Crippen molar-refractivity contribution in [2.45, 2.75) is 13.0 Å². The second-order valence-corrected chi connectivity index (χ2v) is 4.66. The standard InChI is InChI=1S/C11H11BrN4O2/c1-7(10-4-5-13-15-10)14-8-2-3-9(12)11(6-8)16(17)18/h2-7,14H,1H3,(H,13,15). The Labute approximate surface area is 112 Å². The van der Waals surface area contributed by atoms with E-state index in [-0.39, 0.29) is 11.7 Å². The summed E-state index contributed by atoms with van der Waals surface area (Å²) in [5, 5.41) is 20.7. The molecule has 7 heteroatoms. The van der Waals surface area contributed by atoms with Gasteiger partial charge >= 0.3 is 0 Å². The van der Waals surface area contributed by atoms with E-state index in [0.29, 0.717) is 10.2 Å². The Morgan fingerprint density at radius 3 is 2.89 bits per heavy atom. The second-order valence-electron chi connectivity index (χ2n) is 3.80. The number of hydrogen-bond acceptors (Lipinski definition) is 4. The molecule has 0 fully saturated rings. The quantitative estimate of drug-likeness (QED) is 0.670. The predicted octanol–water partition coefficient (Wildman–Crippen LogP) is 3.25. The van der Waals surface area contributed by atoms with Crippen molar-refractivity contribution in [1.82, 2.24) is 10.2 Å². The Balaban J connectivity index is 2.20. The summed E-state index contributed by atoms with van der Waals surface area (Å²) in [6, 6.07) is 6.78. The monoisotopic (exact) mass is 310 g/mol. The summed E-state index contributed by atoms with van der Waals surface area (Å²) in [4.78, 5) is 10.4. The van der Waals surface area contributed by atoms with Crippen molar-refractivity contribution in [2.24, 2.45) is 0 Å². The van der Waals surface area contributed by atoms with Crippen LogP contribution >= 0.6 is 15.9 Å². The molecule has 2 rings (SSSR count). The minimum Gasteiger partial charge on any atom is -0.377 e. The number of nitro benzene ring substituents is 1. The summed E-state index contributed by atoms with van der Waals surface area (Å²) in [5.41, 5.74) is 1.64. The normalized spacial score (nSPS) is 12.1. The van der Waals surface area contributed by atoms with Gasteiger partial charge in [-0.2, -0.15) is 5.10 Å². The first-order chi connectivity index (χ1) is 8.58. The molecule has 0 spiro atoms. The first-order valence-corrected chi connectivity index (χ1v) is 6.07. The lowest BCUT2D eigenvalue weighted by Crippen LogP contribution is -2.07. The highest BCUT2D eigenvalue weighted by Crippen LogP contribution is 2.29. The van der Waals surface area contributed by atoms with Gasteiger partial charge in [-0.1, -0.05) is 0 Å². The van der Waals surface area contributed by atoms with Crippen LogP contribution in [0.4, 0.5) is 11.4 Å². The molecular formula is C11H11BrN4O2. The van der Waals surface area contributed by atoms with Gasteiger partial charge in [-0.25, -0.2) is 0 Å². The Hall–Kier alpha value is -1.89. The second kappa shape index (κ2) is 5.18. The van der Waals surface area contributed by atoms with Crippen LogP contribution in [-0.2, 0) is 0 Å². The smallest absolute Gasteiger partial charge is 0.285 e. The molecule has 6 nitrogen and oxygen atoms in total. The van der Waals surface area contributed by atoms with Crippen molar-refractivity contribution in [2.75, 3.05) is 5.32 Å². The zero-order valence-corrected chi connectivity index (χ0v) is 11.1. The summed E-state index contributed by atoms with van der Waals surface area (Å²) in [5.74, 6) is 0. The number of rotatable bonds is 4. The van der Waals surface area contributed by atoms with E-state index in [1.165, 1.54) is 6.07 Å². The van der Waals surface area contributed by atoms with Gasteiger partial charge < -0.3 is 5.32 Å². The topological polar surface area (TPSA) is 83.8 Å². The van der Waals surface area contributed by atoms with E-state index in [2.05, 4.69) is 31.4 Å². The van der Waals surface area contributed by atoms with Crippen LogP contribution in [0.2, 0.25) is 0 Å². The molecular weight excluding hydrogens is 300 g/mol. The Kier molecular flexibility index (Phi) is 3.61. The van der Waals surface area contributed by atoms with Crippen molar-refractivity contribution in [3.63, 3.8) is 0 Å². The van der Waals surface area contributed by atoms with Gasteiger partial charge in [0, 0.05) is 18.0 Å². The molecule has 1 aromatic carbocycles. The van der Waals surface area contributed by atoms with Gasteiger partial charge in [0.1, 0.15) is 0 Å². The van der Waals surface area contributed by atoms with Crippen LogP contribution in [0.15, 0.2) is 34.9 Å². The fourth-order valence-electron chi connectivity index (χ4n) is 1.58. The highest BCUT2D eigenvalue weighted by Gasteiger charge is 2.14. The van der Waals surface area contributed by atoms with Crippen molar-refractivity contribution >= 4 is 27.3 Å². The van der Waals surface area contributed by atoms with E-state index >= 15 is 0 Å². The van der Waals surface area contributed by atoms with E-state index in [4.69, 9.17) is 0 Å². The highest BCUT2D eigenvalue weighted by atomic mass is 79.9. The maximum absolute atomic E-state index is 10.8. The number of aromatic amines is 1. The predicted molar refractivity (Wildman–Crippen MR) is 71.4 cm³/mol. The van der Waals surface area contributed by atoms with Crippen molar-refractivity contribution in [3.05, 3.63) is 50.7 Å². The third-order valence-electron chi connectivity index (χ3n) is 2.51. The summed E-state index contributed by atoms with van der Waals surface area (Å²) < 4.78 is 0.465. The molecule has 1 atom stereocenters. The number of H-pyrrole nitrogens is 1. The summed E-state index contributed by atoms with van der Waals surface area (Å²) in [6.45, 7) is 1.95. The molecule has 18 heavy (non-hydrogen) atoms. The van der Waals surface area contributed by atoms with Crippen molar-refractivity contribution in [1.29, 1.82) is 0 Å². The molecule has 1 aromatic heterocycles. The van der Waals surface area contributed by atoms with Gasteiger partial charge in [-0.05, 0) is 41.1 Å². The molecule has 0 saturated carbocycles. The molecule has 0 aliphatic carbocycles. The summed E-state index contributed by atoms with van der Waals surface area (Å²) in [6.07, 6.45) is 1.66. The molecule has 0 bridgehead atoms. The first kappa shape index (κ1) is 12.6. The molecule has 1 unspecified atom stereocenters. The van der Waals surface area contributed by atoms with E-state index in [0.717, 1.165) is 5.69 Å². The van der Waals surface area contributed by atoms with E-state index in [9.17, 15) is 10.1 Å². The molecule has 0 saturated heterocycles. The number of nitrogens with zero attached hydrogens (tertiary/aromatic N) is 2. The minimum absolute atomic E-state index is 0.00622. The van der Waals surface area contributed by atoms with Crippen LogP contribution in [0.5, 0.6) is 0 Å². The number of halogens is 1. The fourth-order valence-corrected chi connectivity index (χ4v) is 1.97. The minimum atomic E-state index is -0.421. The third-order valence-corrected chi connectivity index (χ3v) is 3.19. The van der Waals surface area contributed by atoms with E-state index in [1.807, 2.05) is 13.0 Å². The lowest BCUT2D eigenvalue weighted by molar-refractivity contribution is -0.385. The lowest BCUT2D eigenvalue weighted by atomic mass is 10.2. The Morgan fingerprint density at radius 2 is 2.28 bits per heavy atom. The molecule has 2 aromatic rings. The number of nitrogens with one attached hydrogen (secondary N) is 2. The van der Waals surface area contributed by atoms with Crippen LogP contribution in [0.1, 0.15) is 18.7 Å². The van der Waals surface area contributed by atoms with Crippen LogP contribution in [-0.4, -0.2) is 15.1 Å². The molecule has 94 valence electrons. The highest BCUT2D eigenvalue weighted by molar-refractivity contribution is 9.10. The zero-order valence-electron chi connectivity index (χ0n) is 9.55. The van der Waals surface area contributed by atoms with E-state index < -0.39 is 4.92 Å². The summed E-state index contributed by atoms with van der Waals surface area (Å²) in [7, 11) is 0. The number of anilines is 1. The number of hydrogen-bond donors (Lipinski definition) is 2. The molecule has 0 aliphatic heterocycles. The largest absolute Gasteiger partial charge is 0.377 e. The molecule has 1 heterocycles. The van der Waals surface area contributed by atoms with Gasteiger partial charge in [0.15, 0.2) is 0 Å². The average Bonchev–Trinajstić information content (AvgIpc) is 2.85. The first-order valence-electron chi connectivity index (χ1n) is 5.27. The zero-order chi connectivity index (χ0) is 13.1.